The van der Waals surface area contributed by atoms with Crippen LogP contribution in [0.2, 0.25) is 0 Å². The molecule has 3 fully saturated rings. The number of anilines is 3. The number of aromatic nitrogens is 5. The van der Waals surface area contributed by atoms with Gasteiger partial charge in [0.15, 0.2) is 5.82 Å². The van der Waals surface area contributed by atoms with Gasteiger partial charge in [0.25, 0.3) is 0 Å². The summed E-state index contributed by atoms with van der Waals surface area (Å²) in [7, 11) is 0. The number of aryl methyl sites for hydroxylation is 1. The SMILES string of the molecule is Cc1cc(-n2cnc(Nc3cc(C4CC4)cc(N4CCN(C5COC5)CC4)c3)n2)ncn1.[HH]. The zero-order valence-electron chi connectivity index (χ0n) is 18.3. The average Bonchev–Trinajstić information content (AvgIpc) is 3.52. The summed E-state index contributed by atoms with van der Waals surface area (Å²) in [5.74, 6) is 1.95. The maximum Gasteiger partial charge on any atom is 0.247 e. The number of hydrogen-bond donors (Lipinski definition) is 1. The van der Waals surface area contributed by atoms with Crippen LogP contribution in [0.25, 0.3) is 5.82 Å². The van der Waals surface area contributed by atoms with Crippen molar-refractivity contribution in [3.05, 3.63) is 48.2 Å². The van der Waals surface area contributed by atoms with Crippen LogP contribution in [0.3, 0.4) is 0 Å². The number of rotatable bonds is 6. The molecule has 168 valence electrons. The highest BCUT2D eigenvalue weighted by Crippen LogP contribution is 2.42. The molecule has 0 amide bonds. The highest BCUT2D eigenvalue weighted by molar-refractivity contribution is 5.65. The van der Waals surface area contributed by atoms with Gasteiger partial charge >= 0.3 is 0 Å². The predicted molar refractivity (Wildman–Crippen MR) is 124 cm³/mol. The van der Waals surface area contributed by atoms with E-state index < -0.39 is 0 Å². The van der Waals surface area contributed by atoms with Crippen molar-refractivity contribution in [3.63, 3.8) is 0 Å². The third-order valence-electron chi connectivity index (χ3n) is 6.58. The van der Waals surface area contributed by atoms with Crippen LogP contribution in [-0.4, -0.2) is 75.1 Å². The standard InChI is InChI=1S/C23H28N8O.H2/c1-16-8-22(25-14-24-16)31-15-26-23(28-31)27-19-9-18(17-2-3-17)10-20(11-19)29-4-6-30(7-5-29)21-12-32-13-21;/h8-11,14-15,17,21H,2-7,12-13H2,1H3,(H,27,28);1H. The molecular formula is C23H30N8O. The van der Waals surface area contributed by atoms with Crippen LogP contribution in [0.1, 0.15) is 31.4 Å². The van der Waals surface area contributed by atoms with E-state index in [1.807, 2.05) is 13.0 Å². The first-order chi connectivity index (χ1) is 15.7. The van der Waals surface area contributed by atoms with E-state index in [2.05, 4.69) is 53.4 Å². The normalized spacial score (nSPS) is 19.7. The van der Waals surface area contributed by atoms with Crippen molar-refractivity contribution < 1.29 is 6.16 Å². The Bertz CT molecular complexity index is 1110. The summed E-state index contributed by atoms with van der Waals surface area (Å²) in [6.45, 7) is 7.99. The van der Waals surface area contributed by atoms with Crippen molar-refractivity contribution in [2.24, 2.45) is 0 Å². The topological polar surface area (TPSA) is 84.2 Å². The van der Waals surface area contributed by atoms with Crippen LogP contribution in [0.5, 0.6) is 0 Å². The molecule has 0 radical (unpaired) electrons. The second-order valence-corrected chi connectivity index (χ2v) is 8.96. The summed E-state index contributed by atoms with van der Waals surface area (Å²) in [4.78, 5) is 17.9. The molecule has 2 aromatic heterocycles. The van der Waals surface area contributed by atoms with Crippen molar-refractivity contribution in [3.8, 4) is 5.82 Å². The second kappa shape index (κ2) is 8.14. The summed E-state index contributed by atoms with van der Waals surface area (Å²) < 4.78 is 7.05. The number of benzene rings is 1. The zero-order valence-corrected chi connectivity index (χ0v) is 18.3. The summed E-state index contributed by atoms with van der Waals surface area (Å²) in [6.07, 6.45) is 5.78. The van der Waals surface area contributed by atoms with Gasteiger partial charge in [-0.2, -0.15) is 4.98 Å². The predicted octanol–water partition coefficient (Wildman–Crippen LogP) is 2.75. The minimum Gasteiger partial charge on any atom is -0.378 e. The fourth-order valence-electron chi connectivity index (χ4n) is 4.45. The number of nitrogens with zero attached hydrogens (tertiary/aromatic N) is 7. The molecular weight excluding hydrogens is 404 g/mol. The van der Waals surface area contributed by atoms with Gasteiger partial charge in [-0.3, -0.25) is 4.90 Å². The Morgan fingerprint density at radius 3 is 2.56 bits per heavy atom. The van der Waals surface area contributed by atoms with Gasteiger partial charge < -0.3 is 15.0 Å². The molecule has 1 saturated carbocycles. The van der Waals surface area contributed by atoms with E-state index in [0.29, 0.717) is 23.7 Å². The molecule has 4 heterocycles. The summed E-state index contributed by atoms with van der Waals surface area (Å²) in [5, 5.41) is 7.98. The molecule has 1 aliphatic carbocycles. The monoisotopic (exact) mass is 434 g/mol. The Labute approximate surface area is 188 Å². The quantitative estimate of drug-likeness (QED) is 0.634. The molecule has 0 spiro atoms. The molecule has 1 aromatic carbocycles. The van der Waals surface area contributed by atoms with Gasteiger partial charge in [-0.05, 0) is 49.4 Å². The summed E-state index contributed by atoms with van der Waals surface area (Å²) in [5.41, 5.74) is 4.63. The van der Waals surface area contributed by atoms with Gasteiger partial charge in [0.2, 0.25) is 5.95 Å². The van der Waals surface area contributed by atoms with Crippen LogP contribution < -0.4 is 10.2 Å². The zero-order chi connectivity index (χ0) is 21.5. The minimum absolute atomic E-state index is 0. The lowest BCUT2D eigenvalue weighted by atomic mass is 10.1. The molecule has 2 saturated heterocycles. The first-order valence-electron chi connectivity index (χ1n) is 11.4. The number of piperazine rings is 1. The van der Waals surface area contributed by atoms with Crippen LogP contribution in [0.4, 0.5) is 17.3 Å². The van der Waals surface area contributed by atoms with E-state index in [1.165, 1.54) is 24.1 Å². The van der Waals surface area contributed by atoms with E-state index in [4.69, 9.17) is 4.74 Å². The van der Waals surface area contributed by atoms with Gasteiger partial charge in [-0.1, -0.05) is 0 Å². The van der Waals surface area contributed by atoms with Crippen LogP contribution in [0, 0.1) is 6.92 Å². The third-order valence-corrected chi connectivity index (χ3v) is 6.58. The highest BCUT2D eigenvalue weighted by Gasteiger charge is 2.30. The molecule has 9 heteroatoms. The van der Waals surface area contributed by atoms with Crippen molar-refractivity contribution in [1.29, 1.82) is 0 Å². The average molecular weight is 435 g/mol. The fourth-order valence-corrected chi connectivity index (χ4v) is 4.45. The molecule has 32 heavy (non-hydrogen) atoms. The van der Waals surface area contributed by atoms with Gasteiger partial charge in [0.1, 0.15) is 12.7 Å². The van der Waals surface area contributed by atoms with E-state index in [9.17, 15) is 0 Å². The highest BCUT2D eigenvalue weighted by atomic mass is 16.5. The molecule has 1 N–H and O–H groups in total. The number of hydrogen-bond acceptors (Lipinski definition) is 8. The Balaban J connectivity index is 0.00000228. The summed E-state index contributed by atoms with van der Waals surface area (Å²) in [6, 6.07) is 9.36. The molecule has 6 rings (SSSR count). The molecule has 2 aliphatic heterocycles. The van der Waals surface area contributed by atoms with E-state index >= 15 is 0 Å². The molecule has 9 nitrogen and oxygen atoms in total. The maximum atomic E-state index is 5.37. The third kappa shape index (κ3) is 4.05. The smallest absolute Gasteiger partial charge is 0.247 e. The molecule has 0 unspecified atom stereocenters. The Hall–Kier alpha value is -3.04. The van der Waals surface area contributed by atoms with Crippen molar-refractivity contribution >= 4 is 17.3 Å². The summed E-state index contributed by atoms with van der Waals surface area (Å²) >= 11 is 0. The number of ether oxygens (including phenoxy) is 1. The van der Waals surface area contributed by atoms with Crippen LogP contribution in [-0.2, 0) is 4.74 Å². The van der Waals surface area contributed by atoms with E-state index in [1.54, 1.807) is 17.3 Å². The number of nitrogens with one attached hydrogen (secondary N) is 1. The minimum atomic E-state index is 0. The van der Waals surface area contributed by atoms with Gasteiger partial charge in [-0.25, -0.2) is 14.6 Å². The van der Waals surface area contributed by atoms with Gasteiger partial charge in [0.05, 0.1) is 19.3 Å². The van der Waals surface area contributed by atoms with Crippen molar-refractivity contribution in [1.82, 2.24) is 29.6 Å². The van der Waals surface area contributed by atoms with Crippen LogP contribution >= 0.6 is 0 Å². The largest absolute Gasteiger partial charge is 0.378 e. The lowest BCUT2D eigenvalue weighted by molar-refractivity contribution is -0.0660. The van der Waals surface area contributed by atoms with Crippen LogP contribution in [0.15, 0.2) is 36.9 Å². The lowest BCUT2D eigenvalue weighted by Crippen LogP contribution is -2.56. The van der Waals surface area contributed by atoms with Gasteiger partial charge in [0, 0.05) is 50.7 Å². The van der Waals surface area contributed by atoms with Gasteiger partial charge in [-0.15, -0.1) is 5.10 Å². The molecule has 0 bridgehead atoms. The first-order valence-corrected chi connectivity index (χ1v) is 11.4. The lowest BCUT2D eigenvalue weighted by Gasteiger charge is -2.43. The molecule has 3 aliphatic rings. The van der Waals surface area contributed by atoms with Crippen molar-refractivity contribution in [2.45, 2.75) is 31.7 Å². The fraction of sp³-hybridized carbons (Fsp3) is 0.478. The molecule has 3 aromatic rings. The van der Waals surface area contributed by atoms with E-state index in [0.717, 1.165) is 50.8 Å². The molecule has 0 atom stereocenters. The maximum absolute atomic E-state index is 5.37. The van der Waals surface area contributed by atoms with E-state index in [-0.39, 0.29) is 1.43 Å². The van der Waals surface area contributed by atoms with Crippen molar-refractivity contribution in [2.75, 3.05) is 49.6 Å². The Kier molecular flexibility index (Phi) is 4.99. The Morgan fingerprint density at radius 2 is 1.84 bits per heavy atom. The first kappa shape index (κ1) is 19.6. The second-order valence-electron chi connectivity index (χ2n) is 8.96. The Morgan fingerprint density at radius 1 is 1.00 bits per heavy atom.